The molecule has 1 saturated heterocycles. The highest BCUT2D eigenvalue weighted by Crippen LogP contribution is 2.29. The maximum Gasteiger partial charge on any atom is 0.267 e. The van der Waals surface area contributed by atoms with Gasteiger partial charge in [-0.05, 0) is 51.1 Å². The molecule has 0 spiro atoms. The quantitative estimate of drug-likeness (QED) is 0.260. The molecule has 2 amide bonds. The molecule has 246 valence electrons. The molecular weight excluding hydrogens is 622 g/mol. The van der Waals surface area contributed by atoms with Crippen molar-refractivity contribution >= 4 is 28.4 Å². The lowest BCUT2D eigenvalue weighted by Gasteiger charge is -2.40. The van der Waals surface area contributed by atoms with Gasteiger partial charge in [0.25, 0.3) is 17.4 Å². The Labute approximate surface area is 280 Å². The van der Waals surface area contributed by atoms with Crippen molar-refractivity contribution in [1.82, 2.24) is 44.1 Å². The number of hydrogen-bond acceptors (Lipinski definition) is 8. The predicted octanol–water partition coefficient (Wildman–Crippen LogP) is 2.67. The standard InChI is InChI=1S/C36H33N9O4/c1-21-29(33-37-16-9-17-44(33)41-21)34(47)39-22(2)32-40-28-13-8-10-24(30(28)36(49)45(32)27-11-6-5-7-12-27)14-15-25-18-38-42(4)31(25)26-19-43(20-26)35(48)23(3)46/h5-13,16-18,22-23,26,46H,19-20H2,1-4H3,(H,39,47)/t22-,23?/m1/s1. The summed E-state index contributed by atoms with van der Waals surface area (Å²) in [5, 5.41) is 21.8. The van der Waals surface area contributed by atoms with Gasteiger partial charge < -0.3 is 15.3 Å². The van der Waals surface area contributed by atoms with Crippen LogP contribution in [0.3, 0.4) is 0 Å². The van der Waals surface area contributed by atoms with E-state index in [0.29, 0.717) is 63.5 Å². The van der Waals surface area contributed by atoms with Gasteiger partial charge >= 0.3 is 0 Å². The van der Waals surface area contributed by atoms with E-state index in [1.54, 1.807) is 70.8 Å². The molecule has 6 aromatic rings. The smallest absolute Gasteiger partial charge is 0.267 e. The van der Waals surface area contributed by atoms with Crippen LogP contribution in [0.4, 0.5) is 0 Å². The summed E-state index contributed by atoms with van der Waals surface area (Å²) >= 11 is 0. The molecule has 0 aliphatic carbocycles. The van der Waals surface area contributed by atoms with Gasteiger partial charge in [0.1, 0.15) is 17.5 Å². The first kappa shape index (κ1) is 31.5. The van der Waals surface area contributed by atoms with Gasteiger partial charge in [-0.3, -0.25) is 23.6 Å². The van der Waals surface area contributed by atoms with Gasteiger partial charge in [-0.25, -0.2) is 14.5 Å². The fourth-order valence-electron chi connectivity index (χ4n) is 6.32. The molecule has 7 rings (SSSR count). The van der Waals surface area contributed by atoms with Crippen LogP contribution in [-0.2, 0) is 11.8 Å². The summed E-state index contributed by atoms with van der Waals surface area (Å²) in [4.78, 5) is 51.1. The van der Waals surface area contributed by atoms with Crippen molar-refractivity contribution in [2.24, 2.45) is 7.05 Å². The number of likely N-dealkylation sites (tertiary alicyclic amines) is 1. The maximum absolute atomic E-state index is 14.5. The van der Waals surface area contributed by atoms with Crippen LogP contribution < -0.4 is 10.9 Å². The van der Waals surface area contributed by atoms with Crippen LogP contribution in [0.25, 0.3) is 22.2 Å². The van der Waals surface area contributed by atoms with Crippen LogP contribution >= 0.6 is 0 Å². The highest BCUT2D eigenvalue weighted by atomic mass is 16.3. The Morgan fingerprint density at radius 1 is 1.02 bits per heavy atom. The highest BCUT2D eigenvalue weighted by Gasteiger charge is 2.36. The molecule has 0 radical (unpaired) electrons. The van der Waals surface area contributed by atoms with E-state index >= 15 is 0 Å². The molecule has 2 N–H and O–H groups in total. The van der Waals surface area contributed by atoms with E-state index in [1.165, 1.54) is 11.5 Å². The normalized spacial score (nSPS) is 14.3. The summed E-state index contributed by atoms with van der Waals surface area (Å²) in [7, 11) is 1.83. The Hall–Kier alpha value is -6.13. The zero-order valence-electron chi connectivity index (χ0n) is 27.3. The second kappa shape index (κ2) is 12.5. The Morgan fingerprint density at radius 3 is 2.53 bits per heavy atom. The SMILES string of the molecule is Cc1nn2cccnc2c1C(=O)N[C@H](C)c1nc2cccc(C#Cc3cnn(C)c3C3CN(C(=O)C(C)O)C3)c2c(=O)n1-c1ccccc1. The number of benzene rings is 2. The predicted molar refractivity (Wildman–Crippen MR) is 181 cm³/mol. The number of hydrogen-bond donors (Lipinski definition) is 2. The third kappa shape index (κ3) is 5.62. The minimum absolute atomic E-state index is 0.0172. The average Bonchev–Trinajstić information content (AvgIpc) is 3.61. The van der Waals surface area contributed by atoms with Crippen molar-refractivity contribution in [2.75, 3.05) is 13.1 Å². The number of aromatic nitrogens is 7. The molecular formula is C36H33N9O4. The largest absolute Gasteiger partial charge is 0.384 e. The number of carbonyl (C=O) groups is 2. The minimum Gasteiger partial charge on any atom is -0.384 e. The molecule has 49 heavy (non-hydrogen) atoms. The van der Waals surface area contributed by atoms with Gasteiger partial charge in [-0.2, -0.15) is 10.2 Å². The van der Waals surface area contributed by atoms with Crippen LogP contribution in [-0.4, -0.2) is 74.9 Å². The van der Waals surface area contributed by atoms with E-state index in [2.05, 4.69) is 32.3 Å². The topological polar surface area (TPSA) is 153 Å². The van der Waals surface area contributed by atoms with Gasteiger partial charge in [0, 0.05) is 44.0 Å². The van der Waals surface area contributed by atoms with Crippen LogP contribution in [0, 0.1) is 18.8 Å². The first-order valence-corrected chi connectivity index (χ1v) is 15.8. The van der Waals surface area contributed by atoms with Crippen LogP contribution in [0.5, 0.6) is 0 Å². The lowest BCUT2D eigenvalue weighted by Crippen LogP contribution is -2.52. The fraction of sp³-hybridized carbons (Fsp3) is 0.250. The monoisotopic (exact) mass is 655 g/mol. The number of carbonyl (C=O) groups excluding carboxylic acids is 2. The number of aliphatic hydroxyl groups is 1. The second-order valence-electron chi connectivity index (χ2n) is 12.1. The van der Waals surface area contributed by atoms with Gasteiger partial charge in [0.05, 0.1) is 45.8 Å². The van der Waals surface area contributed by atoms with Crippen molar-refractivity contribution in [3.63, 3.8) is 0 Å². The van der Waals surface area contributed by atoms with Gasteiger partial charge in [0.2, 0.25) is 0 Å². The van der Waals surface area contributed by atoms with Crippen molar-refractivity contribution in [2.45, 2.75) is 38.8 Å². The lowest BCUT2D eigenvalue weighted by molar-refractivity contribution is -0.143. The maximum atomic E-state index is 14.5. The highest BCUT2D eigenvalue weighted by molar-refractivity contribution is 6.01. The number of nitrogens with zero attached hydrogens (tertiary/aromatic N) is 8. The number of aryl methyl sites for hydroxylation is 2. The number of aliphatic hydroxyl groups excluding tert-OH is 1. The molecule has 1 unspecified atom stereocenters. The second-order valence-corrected chi connectivity index (χ2v) is 12.1. The summed E-state index contributed by atoms with van der Waals surface area (Å²) in [6, 6.07) is 15.5. The number of amides is 2. The lowest BCUT2D eigenvalue weighted by atomic mass is 9.93. The zero-order chi connectivity index (χ0) is 34.4. The molecule has 1 aliphatic heterocycles. The van der Waals surface area contributed by atoms with Crippen molar-refractivity contribution in [3.8, 4) is 17.5 Å². The molecule has 5 heterocycles. The minimum atomic E-state index is -1.05. The number of para-hydroxylation sites is 1. The van der Waals surface area contributed by atoms with Crippen molar-refractivity contribution in [1.29, 1.82) is 0 Å². The summed E-state index contributed by atoms with van der Waals surface area (Å²) in [5.74, 6) is 6.08. The van der Waals surface area contributed by atoms with E-state index < -0.39 is 12.1 Å². The number of rotatable bonds is 6. The molecule has 13 heteroatoms. The molecule has 4 aromatic heterocycles. The first-order valence-electron chi connectivity index (χ1n) is 15.8. The van der Waals surface area contributed by atoms with Gasteiger partial charge in [0.15, 0.2) is 5.65 Å². The van der Waals surface area contributed by atoms with Gasteiger partial charge in [-0.15, -0.1) is 0 Å². The molecule has 2 atom stereocenters. The van der Waals surface area contributed by atoms with Crippen molar-refractivity contribution < 1.29 is 14.7 Å². The zero-order valence-corrected chi connectivity index (χ0v) is 27.3. The summed E-state index contributed by atoms with van der Waals surface area (Å²) in [6.07, 6.45) is 3.96. The molecule has 1 fully saturated rings. The van der Waals surface area contributed by atoms with E-state index in [9.17, 15) is 19.5 Å². The number of nitrogens with one attached hydrogen (secondary N) is 1. The number of fused-ring (bicyclic) bond motifs is 2. The Kier molecular flexibility index (Phi) is 8.01. The van der Waals surface area contributed by atoms with E-state index in [0.717, 1.165) is 5.69 Å². The molecule has 2 aromatic carbocycles. The van der Waals surface area contributed by atoms with Gasteiger partial charge in [-0.1, -0.05) is 36.1 Å². The van der Waals surface area contributed by atoms with Crippen LogP contribution in [0.2, 0.25) is 0 Å². The average molecular weight is 656 g/mol. The van der Waals surface area contributed by atoms with Crippen LogP contribution in [0.15, 0.2) is 78.0 Å². The summed E-state index contributed by atoms with van der Waals surface area (Å²) in [6.45, 7) is 5.91. The Morgan fingerprint density at radius 2 is 1.78 bits per heavy atom. The third-order valence-electron chi connectivity index (χ3n) is 8.72. The Bertz CT molecular complexity index is 2370. The Balaban J connectivity index is 1.27. The molecule has 0 saturated carbocycles. The summed E-state index contributed by atoms with van der Waals surface area (Å²) < 4.78 is 4.81. The van der Waals surface area contributed by atoms with Crippen molar-refractivity contribution in [3.05, 3.63) is 117 Å². The van der Waals surface area contributed by atoms with E-state index in [4.69, 9.17) is 4.98 Å². The van der Waals surface area contributed by atoms with Crippen LogP contribution in [0.1, 0.15) is 64.5 Å². The molecule has 1 aliphatic rings. The molecule has 0 bridgehead atoms. The van der Waals surface area contributed by atoms with E-state index in [-0.39, 0.29) is 23.3 Å². The van der Waals surface area contributed by atoms with E-state index in [1.807, 2.05) is 37.4 Å². The first-order chi connectivity index (χ1) is 23.6. The summed E-state index contributed by atoms with van der Waals surface area (Å²) in [5.41, 5.74) is 4.06. The fourth-order valence-corrected chi connectivity index (χ4v) is 6.32. The molecule has 13 nitrogen and oxygen atoms in total. The third-order valence-corrected chi connectivity index (χ3v) is 8.72.